The van der Waals surface area contributed by atoms with Gasteiger partial charge in [-0.25, -0.2) is 9.67 Å². The van der Waals surface area contributed by atoms with Gasteiger partial charge in [0, 0.05) is 11.6 Å². The van der Waals surface area contributed by atoms with Crippen LogP contribution in [0.2, 0.25) is 0 Å². The summed E-state index contributed by atoms with van der Waals surface area (Å²) >= 11 is 0. The van der Waals surface area contributed by atoms with E-state index in [1.165, 1.54) is 35.1 Å². The van der Waals surface area contributed by atoms with Gasteiger partial charge in [0.15, 0.2) is 5.65 Å². The lowest BCUT2D eigenvalue weighted by atomic mass is 10.2. The fourth-order valence-electron chi connectivity index (χ4n) is 2.10. The third kappa shape index (κ3) is 2.73. The third-order valence-electron chi connectivity index (χ3n) is 3.05. The molecule has 5 nitrogen and oxygen atoms in total. The SMILES string of the molecule is OCc1ccnc2c1cnn2-c1ccc(OC(F)(F)F)cc1. The molecule has 1 N–H and O–H groups in total. The van der Waals surface area contributed by atoms with Crippen LogP contribution in [0, 0.1) is 0 Å². The number of hydrogen-bond acceptors (Lipinski definition) is 4. The summed E-state index contributed by atoms with van der Waals surface area (Å²) in [5, 5.41) is 14.1. The van der Waals surface area contributed by atoms with Crippen molar-refractivity contribution in [2.75, 3.05) is 0 Å². The maximum absolute atomic E-state index is 12.1. The minimum Gasteiger partial charge on any atom is -0.406 e. The largest absolute Gasteiger partial charge is 0.573 e. The van der Waals surface area contributed by atoms with Crippen molar-refractivity contribution in [2.45, 2.75) is 13.0 Å². The number of pyridine rings is 1. The normalized spacial score (nSPS) is 11.8. The first kappa shape index (κ1) is 14.3. The summed E-state index contributed by atoms with van der Waals surface area (Å²) in [4.78, 5) is 4.19. The van der Waals surface area contributed by atoms with E-state index in [0.29, 0.717) is 22.3 Å². The van der Waals surface area contributed by atoms with Gasteiger partial charge in [-0.1, -0.05) is 0 Å². The van der Waals surface area contributed by atoms with E-state index in [4.69, 9.17) is 0 Å². The molecule has 0 atom stereocenters. The Labute approximate surface area is 122 Å². The fourth-order valence-corrected chi connectivity index (χ4v) is 2.10. The Morgan fingerprint density at radius 1 is 1.14 bits per heavy atom. The van der Waals surface area contributed by atoms with Gasteiger partial charge in [-0.15, -0.1) is 13.2 Å². The van der Waals surface area contributed by atoms with E-state index < -0.39 is 6.36 Å². The molecular formula is C14H10F3N3O2. The number of halogens is 3. The Morgan fingerprint density at radius 3 is 2.50 bits per heavy atom. The summed E-state index contributed by atoms with van der Waals surface area (Å²) < 4.78 is 41.7. The van der Waals surface area contributed by atoms with Crippen molar-refractivity contribution in [1.29, 1.82) is 0 Å². The van der Waals surface area contributed by atoms with Gasteiger partial charge in [0.1, 0.15) is 5.75 Å². The van der Waals surface area contributed by atoms with Gasteiger partial charge in [0.05, 0.1) is 18.5 Å². The van der Waals surface area contributed by atoms with E-state index in [1.54, 1.807) is 12.3 Å². The number of alkyl halides is 3. The molecule has 0 amide bonds. The van der Waals surface area contributed by atoms with Gasteiger partial charge in [-0.2, -0.15) is 5.10 Å². The van der Waals surface area contributed by atoms with Crippen molar-refractivity contribution in [1.82, 2.24) is 14.8 Å². The minimum absolute atomic E-state index is 0.150. The molecule has 0 bridgehead atoms. The van der Waals surface area contributed by atoms with Crippen LogP contribution in [-0.4, -0.2) is 26.2 Å². The quantitative estimate of drug-likeness (QED) is 0.808. The van der Waals surface area contributed by atoms with Gasteiger partial charge in [0.25, 0.3) is 0 Å². The number of hydrogen-bond donors (Lipinski definition) is 1. The molecule has 0 saturated carbocycles. The van der Waals surface area contributed by atoms with Crippen molar-refractivity contribution in [3.8, 4) is 11.4 Å². The number of fused-ring (bicyclic) bond motifs is 1. The zero-order valence-corrected chi connectivity index (χ0v) is 11.1. The Morgan fingerprint density at radius 2 is 1.86 bits per heavy atom. The van der Waals surface area contributed by atoms with Gasteiger partial charge in [0.2, 0.25) is 0 Å². The van der Waals surface area contributed by atoms with Crippen LogP contribution in [-0.2, 0) is 6.61 Å². The van der Waals surface area contributed by atoms with Gasteiger partial charge < -0.3 is 9.84 Å². The minimum atomic E-state index is -4.72. The molecule has 2 aromatic heterocycles. The first-order valence-electron chi connectivity index (χ1n) is 6.26. The van der Waals surface area contributed by atoms with Crippen molar-refractivity contribution < 1.29 is 23.0 Å². The van der Waals surface area contributed by atoms with E-state index >= 15 is 0 Å². The molecule has 0 aliphatic rings. The summed E-state index contributed by atoms with van der Waals surface area (Å²) in [6, 6.07) is 6.97. The third-order valence-corrected chi connectivity index (χ3v) is 3.05. The summed E-state index contributed by atoms with van der Waals surface area (Å²) in [7, 11) is 0. The Kier molecular flexibility index (Phi) is 3.45. The van der Waals surface area contributed by atoms with Gasteiger partial charge in [-0.3, -0.25) is 0 Å². The molecular weight excluding hydrogens is 299 g/mol. The molecule has 1 aromatic carbocycles. The molecule has 0 spiro atoms. The highest BCUT2D eigenvalue weighted by Crippen LogP contribution is 2.25. The number of nitrogens with zero attached hydrogens (tertiary/aromatic N) is 3. The molecule has 0 unspecified atom stereocenters. The number of aromatic nitrogens is 3. The van der Waals surface area contributed by atoms with Crippen LogP contribution >= 0.6 is 0 Å². The van der Waals surface area contributed by atoms with Crippen molar-refractivity contribution >= 4 is 11.0 Å². The van der Waals surface area contributed by atoms with E-state index in [0.717, 1.165) is 0 Å². The lowest BCUT2D eigenvalue weighted by molar-refractivity contribution is -0.274. The summed E-state index contributed by atoms with van der Waals surface area (Å²) in [5.41, 5.74) is 1.72. The molecule has 3 aromatic rings. The zero-order chi connectivity index (χ0) is 15.7. The van der Waals surface area contributed by atoms with Crippen LogP contribution in [0.4, 0.5) is 13.2 Å². The highest BCUT2D eigenvalue weighted by molar-refractivity contribution is 5.79. The van der Waals surface area contributed by atoms with Crippen LogP contribution < -0.4 is 4.74 Å². The molecule has 22 heavy (non-hydrogen) atoms. The van der Waals surface area contributed by atoms with Crippen molar-refractivity contribution in [3.05, 3.63) is 48.3 Å². The Balaban J connectivity index is 1.98. The monoisotopic (exact) mass is 309 g/mol. The van der Waals surface area contributed by atoms with Crippen LogP contribution in [0.15, 0.2) is 42.7 Å². The van der Waals surface area contributed by atoms with Crippen LogP contribution in [0.5, 0.6) is 5.75 Å². The number of rotatable bonds is 3. The van der Waals surface area contributed by atoms with E-state index in [9.17, 15) is 18.3 Å². The Bertz CT molecular complexity index is 797. The van der Waals surface area contributed by atoms with Crippen LogP contribution in [0.3, 0.4) is 0 Å². The molecule has 0 fully saturated rings. The first-order valence-corrected chi connectivity index (χ1v) is 6.26. The second-order valence-corrected chi connectivity index (χ2v) is 4.46. The lowest BCUT2D eigenvalue weighted by Crippen LogP contribution is -2.17. The Hall–Kier alpha value is -2.61. The fraction of sp³-hybridized carbons (Fsp3) is 0.143. The topological polar surface area (TPSA) is 60.2 Å². The van der Waals surface area contributed by atoms with Crippen molar-refractivity contribution in [3.63, 3.8) is 0 Å². The molecule has 114 valence electrons. The molecule has 0 aliphatic heterocycles. The summed E-state index contributed by atoms with van der Waals surface area (Å²) in [6.07, 6.45) is -1.64. The second-order valence-electron chi connectivity index (χ2n) is 4.46. The van der Waals surface area contributed by atoms with E-state index in [-0.39, 0.29) is 12.4 Å². The lowest BCUT2D eigenvalue weighted by Gasteiger charge is -2.09. The maximum Gasteiger partial charge on any atom is 0.573 e. The van der Waals surface area contributed by atoms with E-state index in [2.05, 4.69) is 14.8 Å². The van der Waals surface area contributed by atoms with Crippen molar-refractivity contribution in [2.24, 2.45) is 0 Å². The van der Waals surface area contributed by atoms with Gasteiger partial charge >= 0.3 is 6.36 Å². The van der Waals surface area contributed by atoms with Gasteiger partial charge in [-0.05, 0) is 35.9 Å². The van der Waals surface area contributed by atoms with Crippen LogP contribution in [0.25, 0.3) is 16.7 Å². The highest BCUT2D eigenvalue weighted by Gasteiger charge is 2.31. The molecule has 2 heterocycles. The predicted octanol–water partition coefficient (Wildman–Crippen LogP) is 2.81. The molecule has 8 heteroatoms. The molecule has 3 rings (SSSR count). The number of benzene rings is 1. The summed E-state index contributed by atoms with van der Waals surface area (Å²) in [5.74, 6) is -0.309. The number of aliphatic hydroxyl groups is 1. The standard InChI is InChI=1S/C14H10F3N3O2/c15-14(16,17)22-11-3-1-10(2-4-11)20-13-12(7-19-20)9(8-21)5-6-18-13/h1-7,21H,8H2. The maximum atomic E-state index is 12.1. The molecule has 0 radical (unpaired) electrons. The number of aliphatic hydroxyl groups excluding tert-OH is 1. The zero-order valence-electron chi connectivity index (χ0n) is 11.1. The number of ether oxygens (including phenoxy) is 1. The predicted molar refractivity (Wildman–Crippen MR) is 71.5 cm³/mol. The average molecular weight is 309 g/mol. The van der Waals surface area contributed by atoms with Crippen LogP contribution in [0.1, 0.15) is 5.56 Å². The first-order chi connectivity index (χ1) is 10.5. The second kappa shape index (κ2) is 5.30. The average Bonchev–Trinajstić information content (AvgIpc) is 2.90. The highest BCUT2D eigenvalue weighted by atomic mass is 19.4. The molecule has 0 saturated heterocycles. The smallest absolute Gasteiger partial charge is 0.406 e. The summed E-state index contributed by atoms with van der Waals surface area (Å²) in [6.45, 7) is -0.150. The van der Waals surface area contributed by atoms with E-state index in [1.807, 2.05) is 0 Å². The molecule has 0 aliphatic carbocycles.